The van der Waals surface area contributed by atoms with Crippen LogP contribution in [0, 0.1) is 5.41 Å². The predicted molar refractivity (Wildman–Crippen MR) is 102 cm³/mol. The van der Waals surface area contributed by atoms with Gasteiger partial charge in [-0.15, -0.1) is 0 Å². The smallest absolute Gasteiger partial charge is 0.152 e. The summed E-state index contributed by atoms with van der Waals surface area (Å²) in [5, 5.41) is 0. The van der Waals surface area contributed by atoms with Crippen LogP contribution in [0.5, 0.6) is 0 Å². The lowest BCUT2D eigenvalue weighted by Crippen LogP contribution is -2.26. The van der Waals surface area contributed by atoms with Gasteiger partial charge in [-0.1, -0.05) is 51.3 Å². The molecule has 0 bridgehead atoms. The molecule has 1 fully saturated rings. The van der Waals surface area contributed by atoms with Crippen molar-refractivity contribution in [2.24, 2.45) is 10.4 Å². The first kappa shape index (κ1) is 16.7. The Hall–Kier alpha value is -2.16. The molecule has 1 heterocycles. The van der Waals surface area contributed by atoms with Gasteiger partial charge in [0.05, 0.1) is 0 Å². The van der Waals surface area contributed by atoms with E-state index in [2.05, 4.69) is 36.0 Å². The highest BCUT2D eigenvalue weighted by molar-refractivity contribution is 5.88. The van der Waals surface area contributed by atoms with E-state index in [1.54, 1.807) is 6.21 Å². The Labute approximate surface area is 145 Å². The number of anilines is 1. The minimum Gasteiger partial charge on any atom is -0.398 e. The quantitative estimate of drug-likeness (QED) is 0.598. The highest BCUT2D eigenvalue weighted by Gasteiger charge is 2.33. The molecule has 0 saturated heterocycles. The molecule has 126 valence electrons. The molecule has 24 heavy (non-hydrogen) atoms. The number of pyridine rings is 1. The van der Waals surface area contributed by atoms with E-state index in [0.29, 0.717) is 11.3 Å². The summed E-state index contributed by atoms with van der Waals surface area (Å²) in [6.07, 6.45) is 10.4. The number of nitrogens with two attached hydrogens (primary N) is 1. The zero-order chi connectivity index (χ0) is 17.0. The van der Waals surface area contributed by atoms with E-state index in [1.165, 1.54) is 37.7 Å². The summed E-state index contributed by atoms with van der Waals surface area (Å²) in [4.78, 5) is 8.93. The number of nitrogens with zero attached hydrogens (tertiary/aromatic N) is 2. The van der Waals surface area contributed by atoms with Crippen molar-refractivity contribution in [2.45, 2.75) is 51.9 Å². The summed E-state index contributed by atoms with van der Waals surface area (Å²) in [6.45, 7) is 4.79. The standard InChI is InChI=1S/C21H27N3/c1-16(21(2)11-6-3-7-12-21)17-10-13-23-20(14-17)24-15-18-8-4-5-9-19(18)22/h4-5,8-10,13-16H,3,6-7,11-12,22H2,1-2H3. The Morgan fingerprint density at radius 3 is 2.67 bits per heavy atom. The van der Waals surface area contributed by atoms with Crippen LogP contribution < -0.4 is 5.73 Å². The van der Waals surface area contributed by atoms with Crippen LogP contribution in [0.15, 0.2) is 47.6 Å². The van der Waals surface area contributed by atoms with Crippen LogP contribution in [-0.2, 0) is 0 Å². The number of para-hydroxylation sites is 1. The zero-order valence-electron chi connectivity index (χ0n) is 14.7. The average Bonchev–Trinajstić information content (AvgIpc) is 2.61. The van der Waals surface area contributed by atoms with Crippen molar-refractivity contribution in [1.29, 1.82) is 0 Å². The number of aliphatic imine (C=N–C) groups is 1. The van der Waals surface area contributed by atoms with Gasteiger partial charge >= 0.3 is 0 Å². The third-order valence-electron chi connectivity index (χ3n) is 5.64. The molecular weight excluding hydrogens is 294 g/mol. The molecule has 1 saturated carbocycles. The number of rotatable bonds is 4. The molecule has 0 spiro atoms. The number of hydrogen-bond donors (Lipinski definition) is 1. The van der Waals surface area contributed by atoms with Crippen molar-refractivity contribution in [3.8, 4) is 0 Å². The lowest BCUT2D eigenvalue weighted by molar-refractivity contribution is 0.177. The number of aromatic nitrogens is 1. The number of hydrogen-bond acceptors (Lipinski definition) is 3. The van der Waals surface area contributed by atoms with Crippen LogP contribution >= 0.6 is 0 Å². The van der Waals surface area contributed by atoms with Crippen LogP contribution in [0.4, 0.5) is 11.5 Å². The topological polar surface area (TPSA) is 51.3 Å². The summed E-state index contributed by atoms with van der Waals surface area (Å²) in [5.74, 6) is 1.28. The van der Waals surface area contributed by atoms with Crippen molar-refractivity contribution in [3.63, 3.8) is 0 Å². The van der Waals surface area contributed by atoms with E-state index in [9.17, 15) is 0 Å². The second-order valence-corrected chi connectivity index (χ2v) is 7.27. The summed E-state index contributed by atoms with van der Waals surface area (Å²) in [5.41, 5.74) is 9.36. The number of benzene rings is 1. The first-order valence-corrected chi connectivity index (χ1v) is 8.93. The molecular formula is C21H27N3. The fraction of sp³-hybridized carbons (Fsp3) is 0.429. The Balaban J connectivity index is 1.80. The maximum absolute atomic E-state index is 5.97. The Morgan fingerprint density at radius 2 is 1.92 bits per heavy atom. The summed E-state index contributed by atoms with van der Waals surface area (Å²) >= 11 is 0. The van der Waals surface area contributed by atoms with E-state index in [-0.39, 0.29) is 0 Å². The summed E-state index contributed by atoms with van der Waals surface area (Å²) in [7, 11) is 0. The number of nitrogen functional groups attached to an aromatic ring is 1. The van der Waals surface area contributed by atoms with Crippen LogP contribution in [0.25, 0.3) is 0 Å². The van der Waals surface area contributed by atoms with Gasteiger partial charge in [0.1, 0.15) is 0 Å². The van der Waals surface area contributed by atoms with Crippen LogP contribution in [0.3, 0.4) is 0 Å². The van der Waals surface area contributed by atoms with Gasteiger partial charge in [0.15, 0.2) is 5.82 Å². The summed E-state index contributed by atoms with van der Waals surface area (Å²) < 4.78 is 0. The minimum absolute atomic E-state index is 0.393. The maximum atomic E-state index is 5.97. The Kier molecular flexibility index (Phi) is 4.98. The highest BCUT2D eigenvalue weighted by atomic mass is 14.9. The molecule has 0 radical (unpaired) electrons. The minimum atomic E-state index is 0.393. The first-order valence-electron chi connectivity index (χ1n) is 8.93. The average molecular weight is 321 g/mol. The van der Waals surface area contributed by atoms with Gasteiger partial charge in [0, 0.05) is 23.7 Å². The third-order valence-corrected chi connectivity index (χ3v) is 5.64. The molecule has 1 aliphatic carbocycles. The fourth-order valence-electron chi connectivity index (χ4n) is 3.73. The molecule has 1 aromatic heterocycles. The predicted octanol–water partition coefficient (Wildman–Crippen LogP) is 5.49. The van der Waals surface area contributed by atoms with E-state index in [1.807, 2.05) is 30.5 Å². The summed E-state index contributed by atoms with van der Waals surface area (Å²) in [6, 6.07) is 12.0. The van der Waals surface area contributed by atoms with Crippen molar-refractivity contribution in [3.05, 3.63) is 53.7 Å². The lowest BCUT2D eigenvalue weighted by atomic mass is 9.66. The van der Waals surface area contributed by atoms with E-state index in [0.717, 1.165) is 17.1 Å². The molecule has 1 aliphatic rings. The molecule has 3 rings (SSSR count). The molecule has 2 N–H and O–H groups in total. The molecule has 1 unspecified atom stereocenters. The van der Waals surface area contributed by atoms with Gasteiger partial charge < -0.3 is 5.73 Å². The monoisotopic (exact) mass is 321 g/mol. The second kappa shape index (κ2) is 7.16. The molecule has 1 atom stereocenters. The van der Waals surface area contributed by atoms with E-state index in [4.69, 9.17) is 5.73 Å². The second-order valence-electron chi connectivity index (χ2n) is 7.27. The van der Waals surface area contributed by atoms with Gasteiger partial charge in [-0.25, -0.2) is 9.98 Å². The highest BCUT2D eigenvalue weighted by Crippen LogP contribution is 2.46. The zero-order valence-corrected chi connectivity index (χ0v) is 14.7. The van der Waals surface area contributed by atoms with Crippen LogP contribution in [0.2, 0.25) is 0 Å². The van der Waals surface area contributed by atoms with Gasteiger partial charge in [0.25, 0.3) is 0 Å². The van der Waals surface area contributed by atoms with Crippen molar-refractivity contribution >= 4 is 17.7 Å². The third kappa shape index (κ3) is 3.66. The Morgan fingerprint density at radius 1 is 1.17 bits per heavy atom. The largest absolute Gasteiger partial charge is 0.398 e. The maximum Gasteiger partial charge on any atom is 0.152 e. The molecule has 3 nitrogen and oxygen atoms in total. The van der Waals surface area contributed by atoms with Gasteiger partial charge in [-0.05, 0) is 47.9 Å². The Bertz CT molecular complexity index is 715. The van der Waals surface area contributed by atoms with Gasteiger partial charge in [-0.2, -0.15) is 0 Å². The van der Waals surface area contributed by atoms with E-state index >= 15 is 0 Å². The SMILES string of the molecule is CC(c1ccnc(N=Cc2ccccc2N)c1)C1(C)CCCCC1. The molecule has 0 amide bonds. The normalized spacial score (nSPS) is 18.6. The van der Waals surface area contributed by atoms with E-state index < -0.39 is 0 Å². The van der Waals surface area contributed by atoms with Gasteiger partial charge in [-0.3, -0.25) is 0 Å². The van der Waals surface area contributed by atoms with Crippen molar-refractivity contribution in [2.75, 3.05) is 5.73 Å². The van der Waals surface area contributed by atoms with Crippen LogP contribution in [-0.4, -0.2) is 11.2 Å². The molecule has 0 aliphatic heterocycles. The van der Waals surface area contributed by atoms with Crippen LogP contribution in [0.1, 0.15) is 63.0 Å². The lowest BCUT2D eigenvalue weighted by Gasteiger charge is -2.39. The van der Waals surface area contributed by atoms with Crippen molar-refractivity contribution < 1.29 is 0 Å². The molecule has 3 heteroatoms. The molecule has 2 aromatic rings. The first-order chi connectivity index (χ1) is 11.6. The molecule has 1 aromatic carbocycles. The van der Waals surface area contributed by atoms with Gasteiger partial charge in [0.2, 0.25) is 0 Å². The van der Waals surface area contributed by atoms with Crippen molar-refractivity contribution in [1.82, 2.24) is 4.98 Å². The fourth-order valence-corrected chi connectivity index (χ4v) is 3.73.